The van der Waals surface area contributed by atoms with Crippen LogP contribution in [0.2, 0.25) is 0 Å². The monoisotopic (exact) mass is 304 g/mol. The number of aryl methyl sites for hydroxylation is 2. The van der Waals surface area contributed by atoms with Gasteiger partial charge < -0.3 is 15.1 Å². The minimum Gasteiger partial charge on any atom is -0.396 e. The number of halogens is 1. The first-order chi connectivity index (χ1) is 10.5. The number of aliphatic hydroxyl groups is 2. The molecule has 0 aliphatic carbocycles. The number of aliphatic hydroxyl groups excluding tert-OH is 2. The van der Waals surface area contributed by atoms with Gasteiger partial charge in [0.25, 0.3) is 0 Å². The summed E-state index contributed by atoms with van der Waals surface area (Å²) in [5, 5.41) is 19.9. The van der Waals surface area contributed by atoms with Crippen LogP contribution >= 0.6 is 0 Å². The molecule has 2 aromatic rings. The lowest BCUT2D eigenvalue weighted by Crippen LogP contribution is -2.45. The molecule has 1 aromatic carbocycles. The van der Waals surface area contributed by atoms with Crippen LogP contribution in [-0.4, -0.2) is 41.0 Å². The molecule has 3 rings (SSSR count). The molecule has 0 amide bonds. The Balaban J connectivity index is 2.01. The lowest BCUT2D eigenvalue weighted by atomic mass is 9.94. The van der Waals surface area contributed by atoms with Gasteiger partial charge in [-0.2, -0.15) is 0 Å². The zero-order chi connectivity index (χ0) is 15.9. The van der Waals surface area contributed by atoms with Gasteiger partial charge in [0.2, 0.25) is 0 Å². The van der Waals surface area contributed by atoms with Crippen molar-refractivity contribution in [2.75, 3.05) is 24.6 Å². The first kappa shape index (κ1) is 15.2. The number of aromatic nitrogens is 1. The van der Waals surface area contributed by atoms with Crippen LogP contribution in [0.1, 0.15) is 17.5 Å². The van der Waals surface area contributed by atoms with Crippen LogP contribution < -0.4 is 4.90 Å². The smallest absolute Gasteiger partial charge is 0.132 e. The second-order valence-corrected chi connectivity index (χ2v) is 6.13. The molecule has 5 heteroatoms. The van der Waals surface area contributed by atoms with E-state index in [9.17, 15) is 14.6 Å². The van der Waals surface area contributed by atoms with E-state index in [-0.39, 0.29) is 18.3 Å². The van der Waals surface area contributed by atoms with Crippen molar-refractivity contribution in [2.24, 2.45) is 5.92 Å². The van der Waals surface area contributed by atoms with Gasteiger partial charge >= 0.3 is 0 Å². The van der Waals surface area contributed by atoms with Crippen molar-refractivity contribution in [1.82, 2.24) is 4.98 Å². The molecule has 4 nitrogen and oxygen atoms in total. The van der Waals surface area contributed by atoms with Gasteiger partial charge in [-0.25, -0.2) is 9.37 Å². The van der Waals surface area contributed by atoms with Gasteiger partial charge in [-0.1, -0.05) is 6.07 Å². The summed E-state index contributed by atoms with van der Waals surface area (Å²) in [6.45, 7) is 5.01. The maximum atomic E-state index is 14.0. The molecule has 118 valence electrons. The van der Waals surface area contributed by atoms with E-state index in [4.69, 9.17) is 0 Å². The number of β-amino-alcohol motifs (C(OH)–C–C–N with tert-alkyl or cyclic N) is 1. The van der Waals surface area contributed by atoms with E-state index in [1.807, 2.05) is 24.8 Å². The summed E-state index contributed by atoms with van der Waals surface area (Å²) in [6, 6.07) is 5.02. The van der Waals surface area contributed by atoms with Crippen LogP contribution in [0.5, 0.6) is 0 Å². The molecule has 2 atom stereocenters. The fourth-order valence-corrected chi connectivity index (χ4v) is 3.16. The van der Waals surface area contributed by atoms with Gasteiger partial charge in [0.1, 0.15) is 11.6 Å². The normalized spacial score (nSPS) is 22.3. The summed E-state index contributed by atoms with van der Waals surface area (Å²) < 4.78 is 14.0. The average molecular weight is 304 g/mol. The van der Waals surface area contributed by atoms with E-state index < -0.39 is 6.10 Å². The second-order valence-electron chi connectivity index (χ2n) is 6.13. The van der Waals surface area contributed by atoms with E-state index in [0.717, 1.165) is 29.9 Å². The minimum atomic E-state index is -0.566. The average Bonchev–Trinajstić information content (AvgIpc) is 2.50. The van der Waals surface area contributed by atoms with Crippen molar-refractivity contribution in [3.63, 3.8) is 0 Å². The Morgan fingerprint density at radius 3 is 2.77 bits per heavy atom. The van der Waals surface area contributed by atoms with Crippen LogP contribution in [0.3, 0.4) is 0 Å². The molecule has 1 fully saturated rings. The molecule has 22 heavy (non-hydrogen) atoms. The Hall–Kier alpha value is -1.72. The molecule has 1 aliphatic heterocycles. The summed E-state index contributed by atoms with van der Waals surface area (Å²) in [4.78, 5) is 6.68. The molecule has 1 saturated heterocycles. The maximum absolute atomic E-state index is 14.0. The van der Waals surface area contributed by atoms with Gasteiger partial charge in [0, 0.05) is 31.0 Å². The molecule has 2 heterocycles. The highest BCUT2D eigenvalue weighted by atomic mass is 19.1. The predicted molar refractivity (Wildman–Crippen MR) is 84.6 cm³/mol. The van der Waals surface area contributed by atoms with Crippen LogP contribution in [0.25, 0.3) is 10.9 Å². The number of pyridine rings is 1. The number of anilines is 1. The van der Waals surface area contributed by atoms with Crippen molar-refractivity contribution in [3.8, 4) is 0 Å². The van der Waals surface area contributed by atoms with E-state index in [2.05, 4.69) is 4.98 Å². The largest absolute Gasteiger partial charge is 0.396 e. The third-order valence-corrected chi connectivity index (χ3v) is 4.55. The number of nitrogens with zero attached hydrogens (tertiary/aromatic N) is 2. The lowest BCUT2D eigenvalue weighted by molar-refractivity contribution is 0.0546. The van der Waals surface area contributed by atoms with E-state index in [0.29, 0.717) is 17.4 Å². The molecule has 0 radical (unpaired) electrons. The zero-order valence-electron chi connectivity index (χ0n) is 12.9. The molecular weight excluding hydrogens is 283 g/mol. The Morgan fingerprint density at radius 1 is 1.32 bits per heavy atom. The van der Waals surface area contributed by atoms with Gasteiger partial charge in [-0.3, -0.25) is 0 Å². The van der Waals surface area contributed by atoms with Gasteiger partial charge in [0.15, 0.2) is 0 Å². The SMILES string of the molecule is Cc1cc2c(F)ccc(C)c2nc1N1CC[C@H](CO)[C@@H](O)C1. The summed E-state index contributed by atoms with van der Waals surface area (Å²) in [5.74, 6) is 0.453. The van der Waals surface area contributed by atoms with Crippen LogP contribution in [0.15, 0.2) is 18.2 Å². The number of hydrogen-bond acceptors (Lipinski definition) is 4. The first-order valence-corrected chi connectivity index (χ1v) is 7.61. The number of benzene rings is 1. The third kappa shape index (κ3) is 2.55. The van der Waals surface area contributed by atoms with Gasteiger partial charge in [-0.15, -0.1) is 0 Å². The topological polar surface area (TPSA) is 56.6 Å². The molecule has 0 bridgehead atoms. The van der Waals surface area contributed by atoms with Crippen molar-refractivity contribution in [1.29, 1.82) is 0 Å². The third-order valence-electron chi connectivity index (χ3n) is 4.55. The fraction of sp³-hybridized carbons (Fsp3) is 0.471. The molecule has 2 N–H and O–H groups in total. The van der Waals surface area contributed by atoms with E-state index in [1.165, 1.54) is 6.07 Å². The number of piperidine rings is 1. The van der Waals surface area contributed by atoms with Crippen molar-refractivity contribution >= 4 is 16.7 Å². The van der Waals surface area contributed by atoms with E-state index in [1.54, 1.807) is 6.07 Å². The summed E-state index contributed by atoms with van der Waals surface area (Å²) in [6.07, 6.45) is 0.156. The van der Waals surface area contributed by atoms with Crippen molar-refractivity contribution in [2.45, 2.75) is 26.4 Å². The van der Waals surface area contributed by atoms with Crippen molar-refractivity contribution < 1.29 is 14.6 Å². The number of rotatable bonds is 2. The minimum absolute atomic E-state index is 0.00343. The van der Waals surface area contributed by atoms with Crippen LogP contribution in [0, 0.1) is 25.6 Å². The van der Waals surface area contributed by atoms with Gasteiger partial charge in [0.05, 0.1) is 11.6 Å². The van der Waals surface area contributed by atoms with E-state index >= 15 is 0 Å². The molecule has 1 aliphatic rings. The Kier molecular flexibility index (Phi) is 4.02. The quantitative estimate of drug-likeness (QED) is 0.893. The first-order valence-electron chi connectivity index (χ1n) is 7.61. The number of hydrogen-bond donors (Lipinski definition) is 2. The number of fused-ring (bicyclic) bond motifs is 1. The fourth-order valence-electron chi connectivity index (χ4n) is 3.16. The Morgan fingerprint density at radius 2 is 2.09 bits per heavy atom. The van der Waals surface area contributed by atoms with Crippen LogP contribution in [0.4, 0.5) is 10.2 Å². The summed E-state index contributed by atoms with van der Waals surface area (Å²) in [7, 11) is 0. The highest BCUT2D eigenvalue weighted by Gasteiger charge is 2.28. The zero-order valence-corrected chi connectivity index (χ0v) is 12.9. The summed E-state index contributed by atoms with van der Waals surface area (Å²) in [5.41, 5.74) is 2.49. The summed E-state index contributed by atoms with van der Waals surface area (Å²) >= 11 is 0. The van der Waals surface area contributed by atoms with Crippen LogP contribution in [-0.2, 0) is 0 Å². The molecule has 0 unspecified atom stereocenters. The Labute approximate surface area is 129 Å². The molecule has 0 saturated carbocycles. The predicted octanol–water partition coefficient (Wildman–Crippen LogP) is 2.17. The maximum Gasteiger partial charge on any atom is 0.132 e. The highest BCUT2D eigenvalue weighted by Crippen LogP contribution is 2.29. The lowest BCUT2D eigenvalue weighted by Gasteiger charge is -2.36. The Bertz CT molecular complexity index is 705. The molecular formula is C17H21FN2O2. The molecule has 1 aromatic heterocycles. The van der Waals surface area contributed by atoms with Crippen molar-refractivity contribution in [3.05, 3.63) is 35.1 Å². The second kappa shape index (κ2) is 5.82. The van der Waals surface area contributed by atoms with Gasteiger partial charge in [-0.05, 0) is 43.5 Å². The highest BCUT2D eigenvalue weighted by molar-refractivity contribution is 5.85. The standard InChI is InChI=1S/C17H21FN2O2/c1-10-3-4-14(18)13-7-11(2)17(19-16(10)13)20-6-5-12(9-21)15(22)8-20/h3-4,7,12,15,21-22H,5-6,8-9H2,1-2H3/t12-,15+/m1/s1. The molecule has 0 spiro atoms.